The van der Waals surface area contributed by atoms with Crippen molar-refractivity contribution < 1.29 is 23.9 Å². The van der Waals surface area contributed by atoms with Gasteiger partial charge in [-0.3, -0.25) is 29.0 Å². The lowest BCUT2D eigenvalue weighted by Crippen LogP contribution is -2.51. The molecular weight excluding hydrogens is 490 g/mol. The Labute approximate surface area is 218 Å². The molecule has 0 saturated carbocycles. The van der Waals surface area contributed by atoms with Crippen LogP contribution in [0.15, 0.2) is 36.5 Å². The first-order valence-corrected chi connectivity index (χ1v) is 11.7. The molecule has 194 valence electrons. The van der Waals surface area contributed by atoms with Crippen molar-refractivity contribution in [3.63, 3.8) is 0 Å². The standard InChI is InChI=1S/C26H25N7O5/c1-32-7-8-33(23(35)14-32)26(37)19-10-16-4-3-5-18(24(16)30-21(19)15-34)25(36)31-22-11-20(28-6-9-38-2)17(12-27)13-29-22/h3-5,10-11,13,15H,6-9,14H2,1-2H3,(H2,28,29,31,36). The first kappa shape index (κ1) is 26.3. The number of amides is 3. The molecule has 0 atom stereocenters. The molecule has 0 radical (unpaired) electrons. The summed E-state index contributed by atoms with van der Waals surface area (Å²) in [5.41, 5.74) is 0.966. The third-order valence-corrected chi connectivity index (χ3v) is 6.01. The summed E-state index contributed by atoms with van der Waals surface area (Å²) in [7, 11) is 3.34. The second kappa shape index (κ2) is 11.5. The molecule has 0 spiro atoms. The highest BCUT2D eigenvalue weighted by molar-refractivity contribution is 6.14. The number of likely N-dealkylation sites (N-methyl/N-ethyl adjacent to an activating group) is 1. The summed E-state index contributed by atoms with van der Waals surface area (Å²) < 4.78 is 5.01. The van der Waals surface area contributed by atoms with E-state index in [2.05, 4.69) is 20.6 Å². The quantitative estimate of drug-likeness (QED) is 0.256. The minimum atomic E-state index is -0.607. The fourth-order valence-corrected chi connectivity index (χ4v) is 4.04. The van der Waals surface area contributed by atoms with Crippen LogP contribution in [-0.4, -0.2) is 90.7 Å². The number of piperazine rings is 1. The molecule has 2 N–H and O–H groups in total. The van der Waals surface area contributed by atoms with E-state index in [9.17, 15) is 24.4 Å². The number of pyridine rings is 2. The SMILES string of the molecule is COCCNc1cc(NC(=O)c2cccc3cc(C(=O)N4CCN(C)CC4=O)c(C=O)nc23)ncc1C#N. The highest BCUT2D eigenvalue weighted by Gasteiger charge is 2.30. The Morgan fingerprint density at radius 2 is 2.05 bits per heavy atom. The second-order valence-corrected chi connectivity index (χ2v) is 8.61. The van der Waals surface area contributed by atoms with Crippen LogP contribution in [0.4, 0.5) is 11.5 Å². The van der Waals surface area contributed by atoms with Crippen LogP contribution in [0, 0.1) is 11.3 Å². The van der Waals surface area contributed by atoms with Crippen LogP contribution in [0.3, 0.4) is 0 Å². The topological polar surface area (TPSA) is 158 Å². The number of hydrogen-bond donors (Lipinski definition) is 2. The smallest absolute Gasteiger partial charge is 0.262 e. The number of fused-ring (bicyclic) bond motifs is 1. The number of nitriles is 1. The van der Waals surface area contributed by atoms with Gasteiger partial charge >= 0.3 is 0 Å². The third-order valence-electron chi connectivity index (χ3n) is 6.01. The number of para-hydroxylation sites is 1. The van der Waals surface area contributed by atoms with E-state index in [1.807, 2.05) is 6.07 Å². The monoisotopic (exact) mass is 515 g/mol. The van der Waals surface area contributed by atoms with Gasteiger partial charge in [-0.2, -0.15) is 5.26 Å². The summed E-state index contributed by atoms with van der Waals surface area (Å²) in [5.74, 6) is -1.32. The number of ether oxygens (including phenoxy) is 1. The van der Waals surface area contributed by atoms with Crippen LogP contribution in [0.25, 0.3) is 10.9 Å². The number of imide groups is 1. The van der Waals surface area contributed by atoms with Crippen LogP contribution < -0.4 is 10.6 Å². The van der Waals surface area contributed by atoms with Crippen molar-refractivity contribution in [3.8, 4) is 6.07 Å². The molecule has 0 unspecified atom stereocenters. The Morgan fingerprint density at radius 3 is 2.76 bits per heavy atom. The lowest BCUT2D eigenvalue weighted by Gasteiger charge is -2.30. The molecule has 2 aromatic heterocycles. The molecule has 38 heavy (non-hydrogen) atoms. The molecule has 1 aromatic carbocycles. The average Bonchev–Trinajstić information content (AvgIpc) is 2.92. The van der Waals surface area contributed by atoms with E-state index in [-0.39, 0.29) is 47.2 Å². The molecule has 3 aromatic rings. The maximum atomic E-state index is 13.2. The number of nitrogens with one attached hydrogen (secondary N) is 2. The Bertz CT molecular complexity index is 1470. The lowest BCUT2D eigenvalue weighted by molar-refractivity contribution is -0.132. The van der Waals surface area contributed by atoms with Crippen molar-refractivity contribution in [2.75, 3.05) is 57.6 Å². The normalized spacial score (nSPS) is 13.7. The number of aromatic nitrogens is 2. The van der Waals surface area contributed by atoms with Gasteiger partial charge in [0.2, 0.25) is 5.91 Å². The van der Waals surface area contributed by atoms with E-state index < -0.39 is 11.8 Å². The summed E-state index contributed by atoms with van der Waals surface area (Å²) in [5, 5.41) is 15.5. The fraction of sp³-hybridized carbons (Fsp3) is 0.269. The van der Waals surface area contributed by atoms with Gasteiger partial charge in [-0.1, -0.05) is 12.1 Å². The van der Waals surface area contributed by atoms with Crippen LogP contribution in [0.5, 0.6) is 0 Å². The molecular formula is C26H25N7O5. The van der Waals surface area contributed by atoms with Gasteiger partial charge in [-0.25, -0.2) is 9.97 Å². The van der Waals surface area contributed by atoms with Gasteiger partial charge < -0.3 is 15.4 Å². The molecule has 4 rings (SSSR count). The number of nitrogens with zero attached hydrogens (tertiary/aromatic N) is 5. The molecule has 0 aliphatic carbocycles. The maximum Gasteiger partial charge on any atom is 0.262 e. The zero-order chi connectivity index (χ0) is 27.2. The molecule has 3 amide bonds. The first-order valence-electron chi connectivity index (χ1n) is 11.7. The number of aldehydes is 1. The van der Waals surface area contributed by atoms with Gasteiger partial charge in [0.05, 0.1) is 41.0 Å². The van der Waals surface area contributed by atoms with Crippen molar-refractivity contribution >= 4 is 46.4 Å². The summed E-state index contributed by atoms with van der Waals surface area (Å²) in [6.45, 7) is 1.69. The van der Waals surface area contributed by atoms with Crippen LogP contribution in [-0.2, 0) is 9.53 Å². The summed E-state index contributed by atoms with van der Waals surface area (Å²) in [4.78, 5) is 62.0. The van der Waals surface area contributed by atoms with E-state index in [1.165, 1.54) is 24.4 Å². The minimum absolute atomic E-state index is 0.0107. The largest absolute Gasteiger partial charge is 0.383 e. The molecule has 1 aliphatic rings. The lowest BCUT2D eigenvalue weighted by atomic mass is 10.0. The number of benzene rings is 1. The van der Waals surface area contributed by atoms with Gasteiger partial charge in [-0.05, 0) is 19.2 Å². The molecule has 1 fully saturated rings. The van der Waals surface area contributed by atoms with Crippen molar-refractivity contribution in [1.29, 1.82) is 5.26 Å². The van der Waals surface area contributed by atoms with Crippen molar-refractivity contribution in [1.82, 2.24) is 19.8 Å². The molecule has 12 nitrogen and oxygen atoms in total. The van der Waals surface area contributed by atoms with Gasteiger partial charge in [0.15, 0.2) is 6.29 Å². The summed E-state index contributed by atoms with van der Waals surface area (Å²) in [6.07, 6.45) is 1.77. The predicted molar refractivity (Wildman–Crippen MR) is 138 cm³/mol. The number of anilines is 2. The number of rotatable bonds is 8. The number of carbonyl (C=O) groups excluding carboxylic acids is 4. The number of methoxy groups -OCH3 is 1. The zero-order valence-electron chi connectivity index (χ0n) is 20.9. The van der Waals surface area contributed by atoms with E-state index in [1.54, 1.807) is 31.2 Å². The summed E-state index contributed by atoms with van der Waals surface area (Å²) >= 11 is 0. The first-order chi connectivity index (χ1) is 18.4. The van der Waals surface area contributed by atoms with Crippen LogP contribution >= 0.6 is 0 Å². The third kappa shape index (κ3) is 5.49. The second-order valence-electron chi connectivity index (χ2n) is 8.61. The van der Waals surface area contributed by atoms with Crippen LogP contribution in [0.1, 0.15) is 36.8 Å². The molecule has 0 bridgehead atoms. The number of carbonyl (C=O) groups is 4. The highest BCUT2D eigenvalue weighted by Crippen LogP contribution is 2.24. The highest BCUT2D eigenvalue weighted by atomic mass is 16.5. The Morgan fingerprint density at radius 1 is 1.24 bits per heavy atom. The predicted octanol–water partition coefficient (Wildman–Crippen LogP) is 1.54. The van der Waals surface area contributed by atoms with Crippen molar-refractivity contribution in [3.05, 3.63) is 58.9 Å². The van der Waals surface area contributed by atoms with Gasteiger partial charge in [0.25, 0.3) is 11.8 Å². The Hall–Kier alpha value is -4.73. The van der Waals surface area contributed by atoms with E-state index in [0.717, 1.165) is 4.90 Å². The fourth-order valence-electron chi connectivity index (χ4n) is 4.04. The van der Waals surface area contributed by atoms with E-state index in [0.29, 0.717) is 42.6 Å². The van der Waals surface area contributed by atoms with Gasteiger partial charge in [0.1, 0.15) is 17.6 Å². The summed E-state index contributed by atoms with van der Waals surface area (Å²) in [6, 6.07) is 9.86. The minimum Gasteiger partial charge on any atom is -0.383 e. The van der Waals surface area contributed by atoms with Crippen molar-refractivity contribution in [2.24, 2.45) is 0 Å². The Kier molecular flexibility index (Phi) is 8.00. The van der Waals surface area contributed by atoms with E-state index >= 15 is 0 Å². The van der Waals surface area contributed by atoms with Crippen molar-refractivity contribution in [2.45, 2.75) is 0 Å². The Balaban J connectivity index is 1.64. The number of hydrogen-bond acceptors (Lipinski definition) is 10. The molecule has 12 heteroatoms. The van der Waals surface area contributed by atoms with E-state index in [4.69, 9.17) is 4.74 Å². The molecule has 3 heterocycles. The van der Waals surface area contributed by atoms with Crippen LogP contribution in [0.2, 0.25) is 0 Å². The molecule has 1 saturated heterocycles. The average molecular weight is 516 g/mol. The maximum absolute atomic E-state index is 13.2. The zero-order valence-corrected chi connectivity index (χ0v) is 20.9. The molecule has 1 aliphatic heterocycles. The van der Waals surface area contributed by atoms with Gasteiger partial charge in [-0.15, -0.1) is 0 Å². The van der Waals surface area contributed by atoms with Gasteiger partial charge in [0, 0.05) is 44.4 Å².